The molecular weight excluding hydrogens is 164 g/mol. The summed E-state index contributed by atoms with van der Waals surface area (Å²) in [5.41, 5.74) is 13.3. The van der Waals surface area contributed by atoms with Crippen LogP contribution in [-0.4, -0.2) is 13.2 Å². The van der Waals surface area contributed by atoms with Crippen LogP contribution in [-0.2, 0) is 6.42 Å². The van der Waals surface area contributed by atoms with Crippen LogP contribution in [0.4, 0.5) is 5.69 Å². The molecule has 0 saturated heterocycles. The number of anilines is 1. The molecule has 3 heteroatoms. The lowest BCUT2D eigenvalue weighted by Crippen LogP contribution is -2.18. The molecule has 0 radical (unpaired) electrons. The zero-order chi connectivity index (χ0) is 9.84. The zero-order valence-electron chi connectivity index (χ0n) is 8.08. The third kappa shape index (κ3) is 2.63. The Hall–Kier alpha value is -1.22. The first kappa shape index (κ1) is 9.86. The van der Waals surface area contributed by atoms with Crippen LogP contribution in [0.25, 0.3) is 0 Å². The fraction of sp³-hybridized carbons (Fsp3) is 0.400. The normalized spacial score (nSPS) is 12.5. The summed E-state index contributed by atoms with van der Waals surface area (Å²) in [6.07, 6.45) is 0.801. The monoisotopic (exact) mass is 180 g/mol. The Morgan fingerprint density at radius 3 is 2.62 bits per heavy atom. The van der Waals surface area contributed by atoms with Gasteiger partial charge in [0.2, 0.25) is 0 Å². The Morgan fingerprint density at radius 2 is 2.15 bits per heavy atom. The molecule has 0 unspecified atom stereocenters. The molecular formula is C10H16N2O. The summed E-state index contributed by atoms with van der Waals surface area (Å²) in [6.45, 7) is 1.96. The first-order chi connectivity index (χ1) is 6.13. The highest BCUT2D eigenvalue weighted by atomic mass is 16.5. The van der Waals surface area contributed by atoms with E-state index in [1.807, 2.05) is 25.1 Å². The van der Waals surface area contributed by atoms with E-state index < -0.39 is 0 Å². The van der Waals surface area contributed by atoms with Crippen LogP contribution < -0.4 is 16.2 Å². The van der Waals surface area contributed by atoms with Crippen molar-refractivity contribution >= 4 is 5.69 Å². The number of hydrogen-bond donors (Lipinski definition) is 2. The van der Waals surface area contributed by atoms with Crippen molar-refractivity contribution in [2.24, 2.45) is 5.73 Å². The maximum absolute atomic E-state index is 5.81. The molecule has 0 saturated carbocycles. The van der Waals surface area contributed by atoms with Crippen molar-refractivity contribution in [1.29, 1.82) is 0 Å². The maximum atomic E-state index is 5.81. The van der Waals surface area contributed by atoms with E-state index in [0.717, 1.165) is 23.4 Å². The molecule has 0 amide bonds. The Kier molecular flexibility index (Phi) is 3.14. The molecule has 4 N–H and O–H groups in total. The van der Waals surface area contributed by atoms with Gasteiger partial charge in [0.05, 0.1) is 7.11 Å². The number of nitrogen functional groups attached to an aromatic ring is 1. The van der Waals surface area contributed by atoms with E-state index in [1.54, 1.807) is 7.11 Å². The van der Waals surface area contributed by atoms with Gasteiger partial charge < -0.3 is 16.2 Å². The van der Waals surface area contributed by atoms with Gasteiger partial charge in [-0.05, 0) is 25.0 Å². The van der Waals surface area contributed by atoms with Gasteiger partial charge in [-0.1, -0.05) is 6.07 Å². The van der Waals surface area contributed by atoms with Crippen LogP contribution in [0.1, 0.15) is 12.5 Å². The molecule has 0 heterocycles. The highest BCUT2D eigenvalue weighted by molar-refractivity contribution is 5.51. The summed E-state index contributed by atoms with van der Waals surface area (Å²) in [5.74, 6) is 0.783. The van der Waals surface area contributed by atoms with Gasteiger partial charge in [-0.15, -0.1) is 0 Å². The second-order valence-electron chi connectivity index (χ2n) is 3.25. The minimum atomic E-state index is 0.135. The van der Waals surface area contributed by atoms with E-state index >= 15 is 0 Å². The quantitative estimate of drug-likeness (QED) is 0.686. The van der Waals surface area contributed by atoms with Gasteiger partial charge in [0.15, 0.2) is 0 Å². The first-order valence-electron chi connectivity index (χ1n) is 4.31. The second kappa shape index (κ2) is 4.14. The van der Waals surface area contributed by atoms with Crippen LogP contribution >= 0.6 is 0 Å². The van der Waals surface area contributed by atoms with Gasteiger partial charge in [0.1, 0.15) is 5.75 Å². The van der Waals surface area contributed by atoms with Gasteiger partial charge in [-0.25, -0.2) is 0 Å². The molecule has 1 atom stereocenters. The maximum Gasteiger partial charge on any atom is 0.120 e. The minimum absolute atomic E-state index is 0.135. The Morgan fingerprint density at radius 1 is 1.46 bits per heavy atom. The standard InChI is InChI=1S/C10H16N2O/c1-7(11)5-8-3-4-9(13-2)6-10(8)12/h3-4,6-7H,5,11-12H2,1-2H3/t7-/m0/s1. The van der Waals surface area contributed by atoms with E-state index in [4.69, 9.17) is 16.2 Å². The molecule has 1 aromatic carbocycles. The van der Waals surface area contributed by atoms with E-state index in [9.17, 15) is 0 Å². The fourth-order valence-corrected chi connectivity index (χ4v) is 1.23. The van der Waals surface area contributed by atoms with Crippen molar-refractivity contribution < 1.29 is 4.74 Å². The number of rotatable bonds is 3. The average Bonchev–Trinajstić information content (AvgIpc) is 2.08. The molecule has 0 fully saturated rings. The number of methoxy groups -OCH3 is 1. The van der Waals surface area contributed by atoms with Gasteiger partial charge in [-0.3, -0.25) is 0 Å². The lowest BCUT2D eigenvalue weighted by atomic mass is 10.1. The Bertz CT molecular complexity index is 284. The number of ether oxygens (including phenoxy) is 1. The summed E-state index contributed by atoms with van der Waals surface area (Å²) >= 11 is 0. The minimum Gasteiger partial charge on any atom is -0.497 e. The predicted octanol–water partition coefficient (Wildman–Crippen LogP) is 1.17. The molecule has 0 bridgehead atoms. The zero-order valence-corrected chi connectivity index (χ0v) is 8.08. The predicted molar refractivity (Wildman–Crippen MR) is 54.8 cm³/mol. The molecule has 1 aromatic rings. The first-order valence-corrected chi connectivity index (χ1v) is 4.31. The molecule has 72 valence electrons. The van der Waals surface area contributed by atoms with Gasteiger partial charge in [-0.2, -0.15) is 0 Å². The lowest BCUT2D eigenvalue weighted by Gasteiger charge is -2.09. The molecule has 0 aliphatic heterocycles. The lowest BCUT2D eigenvalue weighted by molar-refractivity contribution is 0.415. The summed E-state index contributed by atoms with van der Waals surface area (Å²) in [5, 5.41) is 0. The van der Waals surface area contributed by atoms with Crippen LogP contribution in [0.2, 0.25) is 0 Å². The smallest absolute Gasteiger partial charge is 0.120 e. The third-order valence-corrected chi connectivity index (χ3v) is 1.89. The highest BCUT2D eigenvalue weighted by Gasteiger charge is 2.03. The summed E-state index contributed by atoms with van der Waals surface area (Å²) < 4.78 is 5.04. The second-order valence-corrected chi connectivity index (χ2v) is 3.25. The van der Waals surface area contributed by atoms with Crippen molar-refractivity contribution in [3.8, 4) is 5.75 Å². The van der Waals surface area contributed by atoms with Crippen molar-refractivity contribution in [1.82, 2.24) is 0 Å². The Labute approximate surface area is 78.7 Å². The van der Waals surface area contributed by atoms with Crippen molar-refractivity contribution in [2.45, 2.75) is 19.4 Å². The van der Waals surface area contributed by atoms with E-state index in [0.29, 0.717) is 0 Å². The van der Waals surface area contributed by atoms with Gasteiger partial charge >= 0.3 is 0 Å². The van der Waals surface area contributed by atoms with Crippen LogP contribution in [0.3, 0.4) is 0 Å². The summed E-state index contributed by atoms with van der Waals surface area (Å²) in [6, 6.07) is 5.80. The molecule has 3 nitrogen and oxygen atoms in total. The largest absolute Gasteiger partial charge is 0.497 e. The van der Waals surface area contributed by atoms with Crippen LogP contribution in [0, 0.1) is 0 Å². The average molecular weight is 180 g/mol. The van der Waals surface area contributed by atoms with Crippen LogP contribution in [0.5, 0.6) is 5.75 Å². The van der Waals surface area contributed by atoms with Crippen molar-refractivity contribution in [3.05, 3.63) is 23.8 Å². The SMILES string of the molecule is COc1ccc(C[C@H](C)N)c(N)c1. The molecule has 0 aromatic heterocycles. The molecule has 0 aliphatic carbocycles. The van der Waals surface area contributed by atoms with Crippen LogP contribution in [0.15, 0.2) is 18.2 Å². The number of nitrogens with two attached hydrogens (primary N) is 2. The van der Waals surface area contributed by atoms with E-state index in [-0.39, 0.29) is 6.04 Å². The summed E-state index contributed by atoms with van der Waals surface area (Å²) in [4.78, 5) is 0. The third-order valence-electron chi connectivity index (χ3n) is 1.89. The highest BCUT2D eigenvalue weighted by Crippen LogP contribution is 2.20. The molecule has 1 rings (SSSR count). The number of benzene rings is 1. The van der Waals surface area contributed by atoms with Gasteiger partial charge in [0, 0.05) is 17.8 Å². The topological polar surface area (TPSA) is 61.3 Å². The Balaban J connectivity index is 2.85. The molecule has 13 heavy (non-hydrogen) atoms. The van der Waals surface area contributed by atoms with E-state index in [2.05, 4.69) is 0 Å². The summed E-state index contributed by atoms with van der Waals surface area (Å²) in [7, 11) is 1.63. The van der Waals surface area contributed by atoms with Crippen molar-refractivity contribution in [3.63, 3.8) is 0 Å². The molecule has 0 aliphatic rings. The van der Waals surface area contributed by atoms with Gasteiger partial charge in [0.25, 0.3) is 0 Å². The fourth-order valence-electron chi connectivity index (χ4n) is 1.23. The van der Waals surface area contributed by atoms with Crippen molar-refractivity contribution in [2.75, 3.05) is 12.8 Å². The number of hydrogen-bond acceptors (Lipinski definition) is 3. The van der Waals surface area contributed by atoms with E-state index in [1.165, 1.54) is 0 Å². The molecule has 0 spiro atoms.